The van der Waals surface area contributed by atoms with E-state index < -0.39 is 23.2 Å². The van der Waals surface area contributed by atoms with E-state index >= 15 is 0 Å². The molecule has 0 bridgehead atoms. The number of alkyl halides is 3. The van der Waals surface area contributed by atoms with Crippen LogP contribution in [0.2, 0.25) is 0 Å². The number of hydrogen-bond acceptors (Lipinski definition) is 2. The molecule has 7 heteroatoms. The molecule has 0 aliphatic heterocycles. The number of nitrogens with zero attached hydrogens (tertiary/aromatic N) is 1. The highest BCUT2D eigenvalue weighted by molar-refractivity contribution is 5.68. The topological polar surface area (TPSA) is 55.4 Å². The van der Waals surface area contributed by atoms with Gasteiger partial charge in [0.15, 0.2) is 0 Å². The zero-order valence-electron chi connectivity index (χ0n) is 17.0. The third-order valence-electron chi connectivity index (χ3n) is 5.36. The maximum absolute atomic E-state index is 14.3. The van der Waals surface area contributed by atoms with Crippen molar-refractivity contribution in [2.45, 2.75) is 57.2 Å². The summed E-state index contributed by atoms with van der Waals surface area (Å²) in [6.45, 7) is 3.72. The van der Waals surface area contributed by atoms with Crippen LogP contribution in [-0.2, 0) is 22.9 Å². The molecule has 0 heterocycles. The molecule has 162 valence electrons. The summed E-state index contributed by atoms with van der Waals surface area (Å²) in [4.78, 5) is 16.3. The molecule has 2 rings (SSSR count). The molecule has 30 heavy (non-hydrogen) atoms. The molecule has 0 radical (unpaired) electrons. The fourth-order valence-electron chi connectivity index (χ4n) is 3.55. The van der Waals surface area contributed by atoms with Crippen molar-refractivity contribution in [3.05, 3.63) is 70.5 Å². The lowest BCUT2D eigenvalue weighted by Crippen LogP contribution is -2.31. The minimum atomic E-state index is -4.47. The van der Waals surface area contributed by atoms with Crippen molar-refractivity contribution < 1.29 is 22.4 Å². The van der Waals surface area contributed by atoms with Crippen molar-refractivity contribution in [3.8, 4) is 0 Å². The number of carbonyl (C=O) groups is 1. The predicted octanol–water partition coefficient (Wildman–Crippen LogP) is 5.76. The fourth-order valence-corrected chi connectivity index (χ4v) is 3.55. The molecule has 0 saturated heterocycles. The van der Waals surface area contributed by atoms with Crippen LogP contribution in [0.4, 0.5) is 17.6 Å². The van der Waals surface area contributed by atoms with Crippen LogP contribution in [-0.4, -0.2) is 12.6 Å². The molecule has 2 N–H and O–H groups in total. The summed E-state index contributed by atoms with van der Waals surface area (Å²) in [6.07, 6.45) is 0.544. The molecule has 0 aromatic heterocycles. The summed E-state index contributed by atoms with van der Waals surface area (Å²) in [6, 6.07) is 8.91. The van der Waals surface area contributed by atoms with Gasteiger partial charge < -0.3 is 10.5 Å². The van der Waals surface area contributed by atoms with E-state index in [4.69, 9.17) is 5.73 Å². The zero-order chi connectivity index (χ0) is 22.4. The summed E-state index contributed by atoms with van der Waals surface area (Å²) in [5.74, 6) is -1.25. The fraction of sp³-hybridized carbons (Fsp3) is 0.391. The second-order valence-electron chi connectivity index (χ2n) is 7.42. The van der Waals surface area contributed by atoms with Crippen LogP contribution < -0.4 is 5.73 Å². The predicted molar refractivity (Wildman–Crippen MR) is 110 cm³/mol. The lowest BCUT2D eigenvalue weighted by atomic mass is 9.76. The molecule has 3 nitrogen and oxygen atoms in total. The standard InChI is InChI=1S/C23H26F4N2O/c1-3-4-5-6-17-13-19(11-12-21(17)24)22(2,29-15-28)20(14-30)16-7-9-18(10-8-16)23(25,26)27/h7-15,20H,3-6H2,1-2H3,(H2,28,29)/t20-,22+/m0/s1. The monoisotopic (exact) mass is 422 g/mol. The van der Waals surface area contributed by atoms with Gasteiger partial charge in [0.05, 0.1) is 23.4 Å². The van der Waals surface area contributed by atoms with Crippen LogP contribution >= 0.6 is 0 Å². The van der Waals surface area contributed by atoms with Crippen molar-refractivity contribution in [1.29, 1.82) is 0 Å². The van der Waals surface area contributed by atoms with Gasteiger partial charge in [-0.3, -0.25) is 4.99 Å². The van der Waals surface area contributed by atoms with Crippen molar-refractivity contribution in [2.75, 3.05) is 0 Å². The van der Waals surface area contributed by atoms with Crippen LogP contribution in [0, 0.1) is 5.82 Å². The van der Waals surface area contributed by atoms with Crippen LogP contribution in [0.5, 0.6) is 0 Å². The zero-order valence-corrected chi connectivity index (χ0v) is 17.0. The van der Waals surface area contributed by atoms with E-state index in [1.807, 2.05) is 0 Å². The Morgan fingerprint density at radius 2 is 1.70 bits per heavy atom. The van der Waals surface area contributed by atoms with Gasteiger partial charge in [-0.25, -0.2) is 4.39 Å². The molecule has 0 saturated carbocycles. The number of halogens is 4. The van der Waals surface area contributed by atoms with Gasteiger partial charge in [0.2, 0.25) is 0 Å². The second-order valence-corrected chi connectivity index (χ2v) is 7.42. The highest BCUT2D eigenvalue weighted by atomic mass is 19.4. The molecule has 0 spiro atoms. The Morgan fingerprint density at radius 3 is 2.23 bits per heavy atom. The molecule has 0 amide bonds. The first kappa shape index (κ1) is 23.6. The summed E-state index contributed by atoms with van der Waals surface area (Å²) in [7, 11) is 0. The molecule has 0 unspecified atom stereocenters. The Morgan fingerprint density at radius 1 is 1.07 bits per heavy atom. The van der Waals surface area contributed by atoms with Crippen molar-refractivity contribution >= 4 is 12.6 Å². The number of carbonyl (C=O) groups excluding carboxylic acids is 1. The summed E-state index contributed by atoms with van der Waals surface area (Å²) in [5.41, 5.74) is 4.97. The normalized spacial score (nSPS) is 15.1. The third-order valence-corrected chi connectivity index (χ3v) is 5.36. The first-order valence-electron chi connectivity index (χ1n) is 9.84. The SMILES string of the molecule is CCCCCc1cc([C@@](C)(N=CN)[C@@H](C=O)c2ccc(C(F)(F)F)cc2)ccc1F. The minimum absolute atomic E-state index is 0.342. The number of nitrogens with two attached hydrogens (primary N) is 1. The second kappa shape index (κ2) is 9.87. The lowest BCUT2D eigenvalue weighted by Gasteiger charge is -2.32. The number of rotatable bonds is 9. The summed E-state index contributed by atoms with van der Waals surface area (Å²) < 4.78 is 53.0. The maximum Gasteiger partial charge on any atom is 0.416 e. The highest BCUT2D eigenvalue weighted by Gasteiger charge is 2.38. The molecular formula is C23H26F4N2O. The van der Waals surface area contributed by atoms with E-state index in [1.165, 1.54) is 24.3 Å². The van der Waals surface area contributed by atoms with Crippen molar-refractivity contribution in [1.82, 2.24) is 0 Å². The van der Waals surface area contributed by atoms with E-state index in [0.717, 1.165) is 37.7 Å². The van der Waals surface area contributed by atoms with E-state index in [0.29, 0.717) is 29.4 Å². The Bertz CT molecular complexity index is 878. The summed E-state index contributed by atoms with van der Waals surface area (Å²) in [5, 5.41) is 0. The van der Waals surface area contributed by atoms with Gasteiger partial charge in [-0.05, 0) is 54.7 Å². The first-order chi connectivity index (χ1) is 14.2. The third kappa shape index (κ3) is 5.26. The van der Waals surface area contributed by atoms with E-state index in [-0.39, 0.29) is 5.82 Å². The average Bonchev–Trinajstić information content (AvgIpc) is 2.70. The molecule has 2 aromatic rings. The Kier molecular flexibility index (Phi) is 7.76. The van der Waals surface area contributed by atoms with Crippen LogP contribution in [0.3, 0.4) is 0 Å². The van der Waals surface area contributed by atoms with E-state index in [2.05, 4.69) is 11.9 Å². The van der Waals surface area contributed by atoms with Gasteiger partial charge in [-0.15, -0.1) is 0 Å². The number of hydrogen-bond donors (Lipinski definition) is 1. The van der Waals surface area contributed by atoms with E-state index in [9.17, 15) is 22.4 Å². The highest BCUT2D eigenvalue weighted by Crippen LogP contribution is 2.40. The van der Waals surface area contributed by atoms with Crippen molar-refractivity contribution in [2.24, 2.45) is 10.7 Å². The molecule has 0 aliphatic rings. The average molecular weight is 422 g/mol. The summed E-state index contributed by atoms with van der Waals surface area (Å²) >= 11 is 0. The number of aliphatic imine (C=N–C) groups is 1. The molecule has 0 fully saturated rings. The van der Waals surface area contributed by atoms with Gasteiger partial charge in [0.1, 0.15) is 12.1 Å². The van der Waals surface area contributed by atoms with Gasteiger partial charge in [0.25, 0.3) is 0 Å². The smallest absolute Gasteiger partial charge is 0.390 e. The Labute approximate surface area is 174 Å². The van der Waals surface area contributed by atoms with Crippen molar-refractivity contribution in [3.63, 3.8) is 0 Å². The minimum Gasteiger partial charge on any atom is -0.390 e. The molecule has 2 aromatic carbocycles. The van der Waals surface area contributed by atoms with Gasteiger partial charge in [-0.2, -0.15) is 13.2 Å². The number of aldehydes is 1. The van der Waals surface area contributed by atoms with Gasteiger partial charge in [-0.1, -0.05) is 44.0 Å². The largest absolute Gasteiger partial charge is 0.416 e. The number of unbranched alkanes of at least 4 members (excludes halogenated alkanes) is 2. The first-order valence-corrected chi connectivity index (χ1v) is 9.84. The van der Waals surface area contributed by atoms with E-state index in [1.54, 1.807) is 13.0 Å². The number of benzene rings is 2. The maximum atomic E-state index is 14.3. The van der Waals surface area contributed by atoms with Crippen LogP contribution in [0.1, 0.15) is 61.3 Å². The molecule has 2 atom stereocenters. The molecule has 0 aliphatic carbocycles. The van der Waals surface area contributed by atoms with Crippen LogP contribution in [0.25, 0.3) is 0 Å². The van der Waals surface area contributed by atoms with Crippen LogP contribution in [0.15, 0.2) is 47.5 Å². The van der Waals surface area contributed by atoms with Gasteiger partial charge >= 0.3 is 6.18 Å². The quantitative estimate of drug-likeness (QED) is 0.184. The lowest BCUT2D eigenvalue weighted by molar-refractivity contribution is -0.137. The van der Waals surface area contributed by atoms with Gasteiger partial charge in [0, 0.05) is 0 Å². The molecular weight excluding hydrogens is 396 g/mol. The number of aryl methyl sites for hydroxylation is 1. The Balaban J connectivity index is 2.49. The Hall–Kier alpha value is -2.70.